The largest absolute Gasteiger partial charge is 0.312 e. The molecular formula is C5H10N2. The van der Waals surface area contributed by atoms with Crippen molar-refractivity contribution in [2.24, 2.45) is 11.5 Å². The molecule has 0 atom stereocenters. The van der Waals surface area contributed by atoms with Gasteiger partial charge in [-0.05, 0) is 5.57 Å². The smallest absolute Gasteiger partial charge is 0.0778 e. The molecule has 40 valence electrons. The monoisotopic (exact) mass is 98.1 g/mol. The Morgan fingerprint density at radius 1 is 1.57 bits per heavy atom. The summed E-state index contributed by atoms with van der Waals surface area (Å²) < 4.78 is 0. The molecule has 0 aromatic carbocycles. The van der Waals surface area contributed by atoms with E-state index in [1.807, 2.05) is 0 Å². The summed E-state index contributed by atoms with van der Waals surface area (Å²) in [6.45, 7) is 6.93. The van der Waals surface area contributed by atoms with Crippen LogP contribution in [0.4, 0.5) is 0 Å². The minimum absolute atomic E-state index is 0.447. The molecule has 0 aliphatic carbocycles. The molecular weight excluding hydrogens is 88.1 g/mol. The van der Waals surface area contributed by atoms with Crippen molar-refractivity contribution >= 4 is 0 Å². The van der Waals surface area contributed by atoms with Gasteiger partial charge in [0.2, 0.25) is 0 Å². The first-order chi connectivity index (χ1) is 3.18. The van der Waals surface area contributed by atoms with Crippen LogP contribution >= 0.6 is 0 Å². The topological polar surface area (TPSA) is 52.0 Å². The second-order valence-corrected chi connectivity index (χ2v) is 1.30. The maximum absolute atomic E-state index is 5.15. The molecule has 4 N–H and O–H groups in total. The Morgan fingerprint density at radius 2 is 2.00 bits per heavy atom. The zero-order valence-electron chi connectivity index (χ0n) is 4.22. The van der Waals surface area contributed by atoms with Crippen molar-refractivity contribution in [1.29, 1.82) is 0 Å². The van der Waals surface area contributed by atoms with Crippen molar-refractivity contribution in [1.82, 2.24) is 0 Å². The summed E-state index contributed by atoms with van der Waals surface area (Å²) in [6.07, 6.45) is 1.10. The quantitative estimate of drug-likeness (QED) is 0.376. The van der Waals surface area contributed by atoms with E-state index in [1.165, 1.54) is 0 Å². The first-order valence-corrected chi connectivity index (χ1v) is 2.01. The van der Waals surface area contributed by atoms with Crippen LogP contribution in [0.2, 0.25) is 0 Å². The van der Waals surface area contributed by atoms with Gasteiger partial charge in [-0.25, -0.2) is 0 Å². The van der Waals surface area contributed by atoms with Gasteiger partial charge in [-0.1, -0.05) is 19.2 Å². The van der Waals surface area contributed by atoms with E-state index in [1.54, 1.807) is 6.08 Å². The summed E-state index contributed by atoms with van der Waals surface area (Å²) >= 11 is 0. The van der Waals surface area contributed by atoms with Crippen LogP contribution in [0.25, 0.3) is 0 Å². The minimum Gasteiger partial charge on any atom is -0.312 e. The molecule has 0 rings (SSSR count). The normalized spacial score (nSPS) is 9.00. The third kappa shape index (κ3) is 2.14. The maximum atomic E-state index is 5.15. The number of nitrogens with two attached hydrogens (primary N) is 2. The van der Waals surface area contributed by atoms with E-state index < -0.39 is 6.17 Å². The molecule has 2 heteroatoms. The van der Waals surface area contributed by atoms with Crippen LogP contribution in [0.1, 0.15) is 0 Å². The molecule has 0 saturated carbocycles. The van der Waals surface area contributed by atoms with Gasteiger partial charge in [-0.2, -0.15) is 0 Å². The molecule has 0 bridgehead atoms. The zero-order chi connectivity index (χ0) is 5.86. The van der Waals surface area contributed by atoms with Gasteiger partial charge in [0.15, 0.2) is 0 Å². The highest BCUT2D eigenvalue weighted by Crippen LogP contribution is 1.87. The molecule has 0 aromatic heterocycles. The first kappa shape index (κ1) is 6.40. The molecule has 0 aliphatic heterocycles. The lowest BCUT2D eigenvalue weighted by atomic mass is 10.2. The third-order valence-corrected chi connectivity index (χ3v) is 0.690. The van der Waals surface area contributed by atoms with Crippen LogP contribution in [0, 0.1) is 0 Å². The van der Waals surface area contributed by atoms with Crippen LogP contribution in [0.3, 0.4) is 0 Å². The summed E-state index contributed by atoms with van der Waals surface area (Å²) in [5.41, 5.74) is 11.0. The van der Waals surface area contributed by atoms with Gasteiger partial charge in [0, 0.05) is 0 Å². The van der Waals surface area contributed by atoms with Gasteiger partial charge in [-0.3, -0.25) is 0 Å². The molecule has 0 unspecified atom stereocenters. The summed E-state index contributed by atoms with van der Waals surface area (Å²) in [4.78, 5) is 0. The minimum atomic E-state index is -0.447. The third-order valence-electron chi connectivity index (χ3n) is 0.690. The van der Waals surface area contributed by atoms with E-state index in [2.05, 4.69) is 13.2 Å². The van der Waals surface area contributed by atoms with Crippen molar-refractivity contribution in [3.05, 3.63) is 24.8 Å². The Labute approximate surface area is 43.5 Å². The average molecular weight is 98.1 g/mol. The SMILES string of the molecule is C=CC(=C)C(N)N. The molecule has 0 saturated heterocycles. The van der Waals surface area contributed by atoms with E-state index in [0.29, 0.717) is 5.57 Å². The number of hydrogen-bond donors (Lipinski definition) is 2. The van der Waals surface area contributed by atoms with E-state index >= 15 is 0 Å². The molecule has 0 spiro atoms. The second-order valence-electron chi connectivity index (χ2n) is 1.30. The number of rotatable bonds is 2. The Bertz CT molecular complexity index is 84.1. The van der Waals surface area contributed by atoms with Crippen molar-refractivity contribution in [3.63, 3.8) is 0 Å². The van der Waals surface area contributed by atoms with Gasteiger partial charge in [0.1, 0.15) is 0 Å². The van der Waals surface area contributed by atoms with E-state index in [4.69, 9.17) is 11.5 Å². The lowest BCUT2D eigenvalue weighted by molar-refractivity contribution is 0.843. The zero-order valence-corrected chi connectivity index (χ0v) is 4.22. The van der Waals surface area contributed by atoms with Crippen molar-refractivity contribution in [2.45, 2.75) is 6.17 Å². The highest BCUT2D eigenvalue weighted by Gasteiger charge is 1.90. The van der Waals surface area contributed by atoms with Crippen molar-refractivity contribution in [2.75, 3.05) is 0 Å². The van der Waals surface area contributed by atoms with Crippen LogP contribution in [0.15, 0.2) is 24.8 Å². The summed E-state index contributed by atoms with van der Waals surface area (Å²) in [7, 11) is 0. The highest BCUT2D eigenvalue weighted by molar-refractivity contribution is 5.15. The van der Waals surface area contributed by atoms with Gasteiger partial charge < -0.3 is 11.5 Å². The van der Waals surface area contributed by atoms with E-state index in [-0.39, 0.29) is 0 Å². The Kier molecular flexibility index (Phi) is 2.33. The first-order valence-electron chi connectivity index (χ1n) is 2.01. The molecule has 0 aromatic rings. The summed E-state index contributed by atoms with van der Waals surface area (Å²) in [5.74, 6) is 0. The highest BCUT2D eigenvalue weighted by atomic mass is 14.8. The fraction of sp³-hybridized carbons (Fsp3) is 0.200. The molecule has 0 heterocycles. The van der Waals surface area contributed by atoms with Gasteiger partial charge in [0.05, 0.1) is 6.17 Å². The Balaban J connectivity index is 3.56. The number of hydrogen-bond acceptors (Lipinski definition) is 2. The molecule has 0 aliphatic rings. The van der Waals surface area contributed by atoms with Gasteiger partial charge in [-0.15, -0.1) is 0 Å². The molecule has 0 radical (unpaired) electrons. The predicted octanol–water partition coefficient (Wildman–Crippen LogP) is -0.0279. The van der Waals surface area contributed by atoms with Crippen LogP contribution in [-0.4, -0.2) is 6.17 Å². The maximum Gasteiger partial charge on any atom is 0.0778 e. The second kappa shape index (κ2) is 2.55. The fourth-order valence-electron chi connectivity index (χ4n) is 0.136. The van der Waals surface area contributed by atoms with Gasteiger partial charge in [0.25, 0.3) is 0 Å². The lowest BCUT2D eigenvalue weighted by Gasteiger charge is -2.00. The van der Waals surface area contributed by atoms with Crippen LogP contribution in [0.5, 0.6) is 0 Å². The Morgan fingerprint density at radius 3 is 2.00 bits per heavy atom. The predicted molar refractivity (Wildman–Crippen MR) is 31.5 cm³/mol. The van der Waals surface area contributed by atoms with Crippen LogP contribution in [-0.2, 0) is 0 Å². The summed E-state index contributed by atoms with van der Waals surface area (Å²) in [5, 5.41) is 0. The molecule has 0 amide bonds. The molecule has 0 fully saturated rings. The van der Waals surface area contributed by atoms with Crippen molar-refractivity contribution in [3.8, 4) is 0 Å². The summed E-state index contributed by atoms with van der Waals surface area (Å²) in [6, 6.07) is 0. The van der Waals surface area contributed by atoms with Crippen molar-refractivity contribution < 1.29 is 0 Å². The standard InChI is InChI=1S/C5H10N2/c1-3-4(2)5(6)7/h3,5H,1-2,6-7H2. The van der Waals surface area contributed by atoms with Crippen LogP contribution < -0.4 is 11.5 Å². The molecule has 7 heavy (non-hydrogen) atoms. The average Bonchev–Trinajstić information content (AvgIpc) is 1.65. The fourth-order valence-corrected chi connectivity index (χ4v) is 0.136. The lowest BCUT2D eigenvalue weighted by Crippen LogP contribution is -2.31. The van der Waals surface area contributed by atoms with E-state index in [0.717, 1.165) is 0 Å². The van der Waals surface area contributed by atoms with E-state index in [9.17, 15) is 0 Å². The molecule has 2 nitrogen and oxygen atoms in total. The van der Waals surface area contributed by atoms with Gasteiger partial charge >= 0.3 is 0 Å². The Hall–Kier alpha value is -0.600.